The molecule has 4 nitrogen and oxygen atoms in total. The minimum Gasteiger partial charge on any atom is -0.478 e. The van der Waals surface area contributed by atoms with Gasteiger partial charge in [0, 0.05) is 17.0 Å². The lowest BCUT2D eigenvalue weighted by Crippen LogP contribution is -2.10. The fourth-order valence-corrected chi connectivity index (χ4v) is 1.55. The number of H-pyrrole nitrogens is 1. The number of hydrogen-bond acceptors (Lipinski definition) is 2. The average Bonchev–Trinajstić information content (AvgIpc) is 2.17. The normalized spacial score (nSPS) is 10.5. The number of aromatic amines is 1. The van der Waals surface area contributed by atoms with E-state index in [1.807, 2.05) is 6.92 Å². The van der Waals surface area contributed by atoms with Crippen LogP contribution in [-0.2, 0) is 0 Å². The maximum atomic E-state index is 11.4. The van der Waals surface area contributed by atoms with Gasteiger partial charge in [-0.05, 0) is 13.0 Å². The van der Waals surface area contributed by atoms with Crippen molar-refractivity contribution in [2.75, 3.05) is 0 Å². The van der Waals surface area contributed by atoms with E-state index in [1.165, 1.54) is 6.20 Å². The Morgan fingerprint density at radius 2 is 2.07 bits per heavy atom. The number of rotatable bonds is 1. The number of hydrogen-bond donors (Lipinski definition) is 2. The van der Waals surface area contributed by atoms with Gasteiger partial charge in [-0.3, -0.25) is 4.79 Å². The van der Waals surface area contributed by atoms with Gasteiger partial charge in [0.1, 0.15) is 0 Å². The fourth-order valence-electron chi connectivity index (χ4n) is 1.55. The zero-order valence-electron chi connectivity index (χ0n) is 8.07. The van der Waals surface area contributed by atoms with Crippen LogP contribution in [0.3, 0.4) is 0 Å². The lowest BCUT2D eigenvalue weighted by Gasteiger charge is -2.02. The number of aryl methyl sites for hydroxylation is 1. The number of fused-ring (bicyclic) bond motifs is 1. The van der Waals surface area contributed by atoms with Gasteiger partial charge in [0.15, 0.2) is 0 Å². The number of carboxylic acid groups (broad SMARTS) is 1. The summed E-state index contributed by atoms with van der Waals surface area (Å²) in [5.74, 6) is -1.04. The summed E-state index contributed by atoms with van der Waals surface area (Å²) in [6, 6.07) is 5.12. The van der Waals surface area contributed by atoms with E-state index in [4.69, 9.17) is 5.11 Å². The molecule has 76 valence electrons. The molecule has 0 spiro atoms. The Kier molecular flexibility index (Phi) is 2.04. The van der Waals surface area contributed by atoms with Gasteiger partial charge in [-0.15, -0.1) is 0 Å². The molecule has 15 heavy (non-hydrogen) atoms. The molecule has 0 fully saturated rings. The van der Waals surface area contributed by atoms with Crippen LogP contribution in [0.5, 0.6) is 0 Å². The SMILES string of the molecule is Cc1ccc2c(=O)[nH]cc(C(=O)O)c2c1. The molecular formula is C11H9NO3. The molecule has 0 radical (unpaired) electrons. The highest BCUT2D eigenvalue weighted by Gasteiger charge is 2.10. The van der Waals surface area contributed by atoms with Gasteiger partial charge < -0.3 is 10.1 Å². The van der Waals surface area contributed by atoms with E-state index in [9.17, 15) is 9.59 Å². The second-order valence-electron chi connectivity index (χ2n) is 3.39. The number of carboxylic acids is 1. The summed E-state index contributed by atoms with van der Waals surface area (Å²) in [4.78, 5) is 24.7. The summed E-state index contributed by atoms with van der Waals surface area (Å²) >= 11 is 0. The summed E-state index contributed by atoms with van der Waals surface area (Å²) in [6.07, 6.45) is 1.23. The number of carbonyl (C=O) groups is 1. The zero-order chi connectivity index (χ0) is 11.0. The van der Waals surface area contributed by atoms with Crippen molar-refractivity contribution in [2.24, 2.45) is 0 Å². The van der Waals surface area contributed by atoms with Crippen LogP contribution in [0.2, 0.25) is 0 Å². The lowest BCUT2D eigenvalue weighted by atomic mass is 10.1. The number of pyridine rings is 1. The molecule has 0 unspecified atom stereocenters. The molecule has 0 saturated carbocycles. The van der Waals surface area contributed by atoms with Crippen molar-refractivity contribution in [3.63, 3.8) is 0 Å². The first kappa shape index (κ1) is 9.45. The largest absolute Gasteiger partial charge is 0.478 e. The van der Waals surface area contributed by atoms with Crippen LogP contribution in [0.4, 0.5) is 0 Å². The molecular weight excluding hydrogens is 194 g/mol. The second-order valence-corrected chi connectivity index (χ2v) is 3.39. The monoisotopic (exact) mass is 203 g/mol. The molecule has 0 aliphatic carbocycles. The molecule has 0 aliphatic heterocycles. The highest BCUT2D eigenvalue weighted by Crippen LogP contribution is 2.16. The van der Waals surface area contributed by atoms with E-state index in [0.717, 1.165) is 5.56 Å². The molecule has 2 N–H and O–H groups in total. The van der Waals surface area contributed by atoms with Gasteiger partial charge >= 0.3 is 5.97 Å². The summed E-state index contributed by atoms with van der Waals surface area (Å²) in [5.41, 5.74) is 0.777. The third-order valence-corrected chi connectivity index (χ3v) is 2.29. The average molecular weight is 203 g/mol. The smallest absolute Gasteiger partial charge is 0.337 e. The molecule has 2 rings (SSSR count). The van der Waals surface area contributed by atoms with Crippen LogP contribution in [0.1, 0.15) is 15.9 Å². The second kappa shape index (κ2) is 3.24. The lowest BCUT2D eigenvalue weighted by molar-refractivity contribution is 0.0698. The topological polar surface area (TPSA) is 70.2 Å². The maximum absolute atomic E-state index is 11.4. The van der Waals surface area contributed by atoms with E-state index in [0.29, 0.717) is 10.8 Å². The molecule has 1 aromatic carbocycles. The van der Waals surface area contributed by atoms with Crippen molar-refractivity contribution < 1.29 is 9.90 Å². The van der Waals surface area contributed by atoms with Gasteiger partial charge in [0.2, 0.25) is 0 Å². The molecule has 0 aliphatic rings. The summed E-state index contributed by atoms with van der Waals surface area (Å²) in [6.45, 7) is 1.85. The quantitative estimate of drug-likeness (QED) is 0.738. The van der Waals surface area contributed by atoms with E-state index in [2.05, 4.69) is 4.98 Å². The van der Waals surface area contributed by atoms with Crippen LogP contribution in [0.15, 0.2) is 29.2 Å². The summed E-state index contributed by atoms with van der Waals surface area (Å²) in [5, 5.41) is 9.82. The first-order chi connectivity index (χ1) is 7.09. The molecule has 0 saturated heterocycles. The van der Waals surface area contributed by atoms with Crippen molar-refractivity contribution in [3.8, 4) is 0 Å². The number of aromatic carboxylic acids is 1. The Balaban J connectivity index is 2.96. The Morgan fingerprint density at radius 3 is 2.73 bits per heavy atom. The third-order valence-electron chi connectivity index (χ3n) is 2.29. The Hall–Kier alpha value is -2.10. The van der Waals surface area contributed by atoms with E-state index in [-0.39, 0.29) is 11.1 Å². The molecule has 1 aromatic heterocycles. The van der Waals surface area contributed by atoms with Crippen molar-refractivity contribution >= 4 is 16.7 Å². The Morgan fingerprint density at radius 1 is 1.33 bits per heavy atom. The van der Waals surface area contributed by atoms with Crippen molar-refractivity contribution in [3.05, 3.63) is 45.9 Å². The van der Waals surface area contributed by atoms with Crippen LogP contribution in [0.25, 0.3) is 10.8 Å². The fraction of sp³-hybridized carbons (Fsp3) is 0.0909. The van der Waals surface area contributed by atoms with Crippen molar-refractivity contribution in [1.29, 1.82) is 0 Å². The number of aromatic nitrogens is 1. The molecule has 2 aromatic rings. The first-order valence-corrected chi connectivity index (χ1v) is 4.45. The van der Waals surface area contributed by atoms with Gasteiger partial charge in [0.25, 0.3) is 5.56 Å². The van der Waals surface area contributed by atoms with Gasteiger partial charge in [-0.25, -0.2) is 4.79 Å². The van der Waals surface area contributed by atoms with Crippen LogP contribution < -0.4 is 5.56 Å². The molecule has 0 atom stereocenters. The van der Waals surface area contributed by atoms with Crippen LogP contribution >= 0.6 is 0 Å². The van der Waals surface area contributed by atoms with E-state index < -0.39 is 5.97 Å². The standard InChI is InChI=1S/C11H9NO3/c1-6-2-3-7-8(4-6)9(11(14)15)5-12-10(7)13/h2-5H,1H3,(H,12,13)(H,14,15). The third kappa shape index (κ3) is 1.50. The van der Waals surface area contributed by atoms with Crippen molar-refractivity contribution in [1.82, 2.24) is 4.98 Å². The predicted molar refractivity (Wildman–Crippen MR) is 56.3 cm³/mol. The van der Waals surface area contributed by atoms with Gasteiger partial charge in [0.05, 0.1) is 5.56 Å². The summed E-state index contributed by atoms with van der Waals surface area (Å²) < 4.78 is 0. The summed E-state index contributed by atoms with van der Waals surface area (Å²) in [7, 11) is 0. The van der Waals surface area contributed by atoms with E-state index in [1.54, 1.807) is 18.2 Å². The minimum absolute atomic E-state index is 0.119. The predicted octanol–water partition coefficient (Wildman–Crippen LogP) is 1.53. The highest BCUT2D eigenvalue weighted by atomic mass is 16.4. The maximum Gasteiger partial charge on any atom is 0.337 e. The molecule has 4 heteroatoms. The van der Waals surface area contributed by atoms with Crippen molar-refractivity contribution in [2.45, 2.75) is 6.92 Å². The zero-order valence-corrected chi connectivity index (χ0v) is 8.07. The Bertz CT molecular complexity index is 598. The molecule has 0 amide bonds. The van der Waals surface area contributed by atoms with E-state index >= 15 is 0 Å². The minimum atomic E-state index is -1.04. The highest BCUT2D eigenvalue weighted by molar-refractivity contribution is 6.03. The number of benzene rings is 1. The van der Waals surface area contributed by atoms with Gasteiger partial charge in [-0.1, -0.05) is 17.7 Å². The Labute approximate surface area is 85.2 Å². The van der Waals surface area contributed by atoms with Gasteiger partial charge in [-0.2, -0.15) is 0 Å². The van der Waals surface area contributed by atoms with Crippen LogP contribution in [0, 0.1) is 6.92 Å². The first-order valence-electron chi connectivity index (χ1n) is 4.45. The van der Waals surface area contributed by atoms with Crippen LogP contribution in [-0.4, -0.2) is 16.1 Å². The molecule has 1 heterocycles. The molecule has 0 bridgehead atoms. The number of nitrogens with one attached hydrogen (secondary N) is 1.